The molecule has 35 heavy (non-hydrogen) atoms. The Morgan fingerprint density at radius 2 is 1.66 bits per heavy atom. The Hall–Kier alpha value is -2.89. The number of aromatic nitrogens is 1. The number of para-hydroxylation sites is 1. The van der Waals surface area contributed by atoms with Gasteiger partial charge in [-0.3, -0.25) is 4.79 Å². The Bertz CT molecular complexity index is 1100. The van der Waals surface area contributed by atoms with Gasteiger partial charge in [-0.1, -0.05) is 45.9 Å². The van der Waals surface area contributed by atoms with Gasteiger partial charge in [0.05, 0.1) is 12.7 Å². The maximum absolute atomic E-state index is 12.7. The lowest BCUT2D eigenvalue weighted by atomic mass is 10.1. The second-order valence-electron chi connectivity index (χ2n) is 10.1. The monoisotopic (exact) mass is 476 g/mol. The molecule has 3 aromatic rings. The van der Waals surface area contributed by atoms with E-state index in [1.807, 2.05) is 43.5 Å². The van der Waals surface area contributed by atoms with Crippen LogP contribution in [0.5, 0.6) is 5.75 Å². The summed E-state index contributed by atoms with van der Waals surface area (Å²) >= 11 is 0. The number of aliphatic hydroxyl groups is 1. The lowest BCUT2D eigenvalue weighted by Crippen LogP contribution is -2.39. The standard InChI is InChI=1S/C30H40N2O3/c1-6-35-27-14-11-24(12-15-27)30(34)16-13-25-19-32(29-10-8-7-9-28(25)29)21-26(33)20-31(17-22(2)3)18-23(4)5/h7-16,19,22-23,26,33H,6,17-18,20-21H2,1-5H3. The summed E-state index contributed by atoms with van der Waals surface area (Å²) in [5.41, 5.74) is 2.64. The Labute approximate surface area is 210 Å². The molecule has 0 spiro atoms. The number of rotatable bonds is 13. The van der Waals surface area contributed by atoms with E-state index in [9.17, 15) is 9.90 Å². The second-order valence-corrected chi connectivity index (χ2v) is 10.1. The number of hydrogen-bond acceptors (Lipinski definition) is 4. The number of ketones is 1. The topological polar surface area (TPSA) is 54.7 Å². The number of nitrogens with zero attached hydrogens (tertiary/aromatic N) is 2. The van der Waals surface area contributed by atoms with Gasteiger partial charge in [0.2, 0.25) is 0 Å². The van der Waals surface area contributed by atoms with Gasteiger partial charge in [0.25, 0.3) is 0 Å². The third kappa shape index (κ3) is 7.81. The molecule has 0 radical (unpaired) electrons. The molecule has 0 aliphatic rings. The smallest absolute Gasteiger partial charge is 0.185 e. The number of fused-ring (bicyclic) bond motifs is 1. The molecule has 1 atom stereocenters. The minimum atomic E-state index is -0.481. The van der Waals surface area contributed by atoms with Gasteiger partial charge in [0.1, 0.15) is 5.75 Å². The molecule has 1 unspecified atom stereocenters. The van der Waals surface area contributed by atoms with Crippen LogP contribution in [-0.4, -0.2) is 52.7 Å². The number of carbonyl (C=O) groups excluding carboxylic acids is 1. The van der Waals surface area contributed by atoms with Crippen molar-refractivity contribution in [2.45, 2.75) is 47.3 Å². The van der Waals surface area contributed by atoms with Crippen LogP contribution in [0.1, 0.15) is 50.5 Å². The van der Waals surface area contributed by atoms with Crippen molar-refractivity contribution in [3.05, 3.63) is 71.9 Å². The van der Waals surface area contributed by atoms with Crippen molar-refractivity contribution in [1.82, 2.24) is 9.47 Å². The van der Waals surface area contributed by atoms with Gasteiger partial charge >= 0.3 is 0 Å². The summed E-state index contributed by atoms with van der Waals surface area (Å²) in [5, 5.41) is 12.0. The average molecular weight is 477 g/mol. The van der Waals surface area contributed by atoms with Crippen LogP contribution in [0.15, 0.2) is 60.8 Å². The molecule has 5 nitrogen and oxygen atoms in total. The lowest BCUT2D eigenvalue weighted by Gasteiger charge is -2.28. The Balaban J connectivity index is 1.75. The van der Waals surface area contributed by atoms with E-state index < -0.39 is 6.10 Å². The van der Waals surface area contributed by atoms with Crippen LogP contribution in [0.4, 0.5) is 0 Å². The maximum atomic E-state index is 12.7. The van der Waals surface area contributed by atoms with Crippen molar-refractivity contribution in [2.75, 3.05) is 26.2 Å². The fourth-order valence-corrected chi connectivity index (χ4v) is 4.54. The van der Waals surface area contributed by atoms with Crippen LogP contribution in [-0.2, 0) is 6.54 Å². The maximum Gasteiger partial charge on any atom is 0.185 e. The van der Waals surface area contributed by atoms with E-state index >= 15 is 0 Å². The van der Waals surface area contributed by atoms with E-state index in [1.165, 1.54) is 0 Å². The summed E-state index contributed by atoms with van der Waals surface area (Å²) in [7, 11) is 0. The highest BCUT2D eigenvalue weighted by molar-refractivity contribution is 6.07. The molecular weight excluding hydrogens is 436 g/mol. The second kappa shape index (κ2) is 12.7. The molecule has 0 aliphatic heterocycles. The highest BCUT2D eigenvalue weighted by atomic mass is 16.5. The number of benzene rings is 2. The third-order valence-corrected chi connectivity index (χ3v) is 5.81. The molecule has 188 valence electrons. The average Bonchev–Trinajstić information content (AvgIpc) is 3.14. The Morgan fingerprint density at radius 3 is 2.29 bits per heavy atom. The third-order valence-electron chi connectivity index (χ3n) is 5.81. The minimum absolute atomic E-state index is 0.0528. The van der Waals surface area contributed by atoms with Crippen LogP contribution in [0, 0.1) is 11.8 Å². The molecule has 5 heteroatoms. The van der Waals surface area contributed by atoms with E-state index in [0.717, 1.165) is 35.3 Å². The van der Waals surface area contributed by atoms with E-state index in [0.29, 0.717) is 37.1 Å². The van der Waals surface area contributed by atoms with Crippen LogP contribution in [0.3, 0.4) is 0 Å². The molecule has 0 bridgehead atoms. The number of allylic oxidation sites excluding steroid dienone is 1. The first-order valence-electron chi connectivity index (χ1n) is 12.7. The number of aliphatic hydroxyl groups excluding tert-OH is 1. The molecule has 1 heterocycles. The molecule has 0 amide bonds. The van der Waals surface area contributed by atoms with Gasteiger partial charge in [0.15, 0.2) is 5.78 Å². The normalized spacial score (nSPS) is 12.9. The van der Waals surface area contributed by atoms with Crippen LogP contribution in [0.2, 0.25) is 0 Å². The summed E-state index contributed by atoms with van der Waals surface area (Å²) < 4.78 is 7.56. The van der Waals surface area contributed by atoms with Gasteiger partial charge < -0.3 is 19.3 Å². The fraction of sp³-hybridized carbons (Fsp3) is 0.433. The number of hydrogen-bond donors (Lipinski definition) is 1. The summed E-state index contributed by atoms with van der Waals surface area (Å²) in [6, 6.07) is 15.3. The molecule has 2 aromatic carbocycles. The number of ether oxygens (including phenoxy) is 1. The van der Waals surface area contributed by atoms with Crippen molar-refractivity contribution in [3.8, 4) is 5.75 Å². The SMILES string of the molecule is CCOc1ccc(C(=O)C=Cc2cn(CC(O)CN(CC(C)C)CC(C)C)c3ccccc23)cc1. The van der Waals surface area contributed by atoms with Crippen molar-refractivity contribution >= 4 is 22.8 Å². The van der Waals surface area contributed by atoms with Gasteiger partial charge in [-0.05, 0) is 61.2 Å². The van der Waals surface area contributed by atoms with Gasteiger partial charge in [-0.25, -0.2) is 0 Å². The quantitative estimate of drug-likeness (QED) is 0.246. The van der Waals surface area contributed by atoms with Crippen LogP contribution in [0.25, 0.3) is 17.0 Å². The molecular formula is C30H40N2O3. The van der Waals surface area contributed by atoms with Gasteiger partial charge in [-0.15, -0.1) is 0 Å². The summed E-state index contributed by atoms with van der Waals surface area (Å²) in [5.74, 6) is 1.81. The largest absolute Gasteiger partial charge is 0.494 e. The van der Waals surface area contributed by atoms with E-state index in [1.54, 1.807) is 18.2 Å². The van der Waals surface area contributed by atoms with Crippen molar-refractivity contribution in [3.63, 3.8) is 0 Å². The predicted molar refractivity (Wildman–Crippen MR) is 145 cm³/mol. The molecule has 3 rings (SSSR count). The molecule has 0 aliphatic carbocycles. The van der Waals surface area contributed by atoms with Gasteiger partial charge in [-0.2, -0.15) is 0 Å². The predicted octanol–water partition coefficient (Wildman–Crippen LogP) is 5.91. The van der Waals surface area contributed by atoms with E-state index in [2.05, 4.69) is 49.3 Å². The first kappa shape index (κ1) is 26.7. The van der Waals surface area contributed by atoms with Crippen molar-refractivity contribution in [2.24, 2.45) is 11.8 Å². The molecule has 0 fully saturated rings. The van der Waals surface area contributed by atoms with Gasteiger partial charge in [0, 0.05) is 54.4 Å². The Kier molecular flexibility index (Phi) is 9.70. The molecule has 0 saturated heterocycles. The Morgan fingerprint density at radius 1 is 1.00 bits per heavy atom. The first-order valence-corrected chi connectivity index (χ1v) is 12.7. The molecule has 1 N–H and O–H groups in total. The lowest BCUT2D eigenvalue weighted by molar-refractivity contribution is 0.0869. The van der Waals surface area contributed by atoms with Crippen LogP contribution < -0.4 is 4.74 Å². The first-order chi connectivity index (χ1) is 16.8. The van der Waals surface area contributed by atoms with Crippen LogP contribution >= 0.6 is 0 Å². The zero-order valence-electron chi connectivity index (χ0n) is 21.8. The van der Waals surface area contributed by atoms with E-state index in [-0.39, 0.29) is 5.78 Å². The minimum Gasteiger partial charge on any atom is -0.494 e. The van der Waals surface area contributed by atoms with Crippen molar-refractivity contribution < 1.29 is 14.6 Å². The van der Waals surface area contributed by atoms with E-state index in [4.69, 9.17) is 4.74 Å². The summed E-state index contributed by atoms with van der Waals surface area (Å²) in [6.45, 7) is 14.5. The summed E-state index contributed by atoms with van der Waals surface area (Å²) in [6.07, 6.45) is 5.04. The molecule has 0 saturated carbocycles. The van der Waals surface area contributed by atoms with Crippen molar-refractivity contribution in [1.29, 1.82) is 0 Å². The zero-order chi connectivity index (χ0) is 25.4. The molecule has 1 aromatic heterocycles. The zero-order valence-corrected chi connectivity index (χ0v) is 21.8. The number of carbonyl (C=O) groups is 1. The highest BCUT2D eigenvalue weighted by Gasteiger charge is 2.16. The highest BCUT2D eigenvalue weighted by Crippen LogP contribution is 2.23. The summed E-state index contributed by atoms with van der Waals surface area (Å²) in [4.78, 5) is 15.1. The fourth-order valence-electron chi connectivity index (χ4n) is 4.54.